The summed E-state index contributed by atoms with van der Waals surface area (Å²) in [5.41, 5.74) is 9.95. The maximum atomic E-state index is 5.22. The minimum atomic E-state index is 0.722. The monoisotopic (exact) mass is 623 g/mol. The first-order chi connectivity index (χ1) is 24.3. The number of fused-ring (bicyclic) bond motifs is 6. The molecule has 49 heavy (non-hydrogen) atoms. The summed E-state index contributed by atoms with van der Waals surface area (Å²) in [5, 5.41) is 8.40. The van der Waals surface area contributed by atoms with Crippen LogP contribution in [0.3, 0.4) is 0 Å². The summed E-state index contributed by atoms with van der Waals surface area (Å²) < 4.78 is 2.41. The van der Waals surface area contributed by atoms with Crippen LogP contribution >= 0.6 is 0 Å². The van der Waals surface area contributed by atoms with E-state index in [-0.39, 0.29) is 0 Å². The first-order valence-corrected chi connectivity index (χ1v) is 16.7. The Balaban J connectivity index is 1.10. The zero-order valence-corrected chi connectivity index (χ0v) is 26.6. The highest BCUT2D eigenvalue weighted by atomic mass is 15.0. The number of rotatable bonds is 4. The van der Waals surface area contributed by atoms with Crippen LogP contribution in [-0.2, 0) is 0 Å². The van der Waals surface area contributed by atoms with Crippen LogP contribution in [0.4, 0.5) is 0 Å². The molecule has 0 spiro atoms. The lowest BCUT2D eigenvalue weighted by Crippen LogP contribution is -1.97. The third kappa shape index (κ3) is 4.37. The van der Waals surface area contributed by atoms with Gasteiger partial charge in [0, 0.05) is 32.7 Å². The van der Waals surface area contributed by atoms with Gasteiger partial charge in [0.15, 0.2) is 5.82 Å². The molecule has 0 radical (unpaired) electrons. The van der Waals surface area contributed by atoms with Crippen LogP contribution in [0.15, 0.2) is 176 Å². The fourth-order valence-electron chi connectivity index (χ4n) is 7.55. The van der Waals surface area contributed by atoms with E-state index in [9.17, 15) is 0 Å². The van der Waals surface area contributed by atoms with Crippen molar-refractivity contribution >= 4 is 54.3 Å². The second-order valence-corrected chi connectivity index (χ2v) is 12.6. The van der Waals surface area contributed by atoms with Crippen molar-refractivity contribution in [1.82, 2.24) is 14.5 Å². The van der Waals surface area contributed by atoms with E-state index in [1.807, 2.05) is 6.07 Å². The molecule has 0 N–H and O–H groups in total. The molecule has 0 bridgehead atoms. The van der Waals surface area contributed by atoms with Gasteiger partial charge in [-0.15, -0.1) is 0 Å². The second-order valence-electron chi connectivity index (χ2n) is 12.6. The number of para-hydroxylation sites is 3. The summed E-state index contributed by atoms with van der Waals surface area (Å²) in [6, 6.07) is 62.6. The van der Waals surface area contributed by atoms with Gasteiger partial charge in [0.2, 0.25) is 0 Å². The van der Waals surface area contributed by atoms with E-state index in [4.69, 9.17) is 9.97 Å². The molecule has 10 aromatic rings. The molecule has 0 amide bonds. The van der Waals surface area contributed by atoms with Gasteiger partial charge < -0.3 is 4.57 Å². The number of aromatic nitrogens is 3. The zero-order chi connectivity index (χ0) is 32.3. The van der Waals surface area contributed by atoms with Crippen molar-refractivity contribution in [1.29, 1.82) is 0 Å². The standard InChI is InChI=1S/C46H29N3/c1-2-14-33-30(12-1)13-11-20-39(33)45-40-19-5-8-21-41(40)47-46(48-45)32-26-24-31(25-27-32)34-28-29-44(36-16-4-3-15-35(34)36)49-42-22-9-6-17-37(42)38-18-7-10-23-43(38)49/h1-29H. The van der Waals surface area contributed by atoms with Gasteiger partial charge in [0.05, 0.1) is 27.9 Å². The lowest BCUT2D eigenvalue weighted by molar-refractivity contribution is 1.20. The first kappa shape index (κ1) is 27.5. The van der Waals surface area contributed by atoms with Gasteiger partial charge in [-0.05, 0) is 51.6 Å². The van der Waals surface area contributed by atoms with Gasteiger partial charge in [-0.25, -0.2) is 9.97 Å². The summed E-state index contributed by atoms with van der Waals surface area (Å²) in [7, 11) is 0. The van der Waals surface area contributed by atoms with Crippen molar-refractivity contribution < 1.29 is 0 Å². The molecule has 0 aliphatic rings. The molecular weight excluding hydrogens is 595 g/mol. The summed E-state index contributed by atoms with van der Waals surface area (Å²) in [6.07, 6.45) is 0. The molecule has 8 aromatic carbocycles. The van der Waals surface area contributed by atoms with Gasteiger partial charge in [-0.1, -0.05) is 152 Å². The van der Waals surface area contributed by atoms with Crippen LogP contribution in [-0.4, -0.2) is 14.5 Å². The molecule has 0 aliphatic carbocycles. The fourth-order valence-corrected chi connectivity index (χ4v) is 7.55. The van der Waals surface area contributed by atoms with E-state index in [1.165, 1.54) is 54.6 Å². The maximum absolute atomic E-state index is 5.22. The molecule has 0 saturated heterocycles. The van der Waals surface area contributed by atoms with Crippen LogP contribution in [0.1, 0.15) is 0 Å². The minimum Gasteiger partial charge on any atom is -0.309 e. The van der Waals surface area contributed by atoms with Crippen LogP contribution in [0.2, 0.25) is 0 Å². The molecule has 0 fully saturated rings. The molecular formula is C46H29N3. The lowest BCUT2D eigenvalue weighted by Gasteiger charge is -2.15. The van der Waals surface area contributed by atoms with E-state index in [0.29, 0.717) is 0 Å². The molecule has 0 unspecified atom stereocenters. The Morgan fingerprint density at radius 3 is 1.67 bits per heavy atom. The topological polar surface area (TPSA) is 30.7 Å². The summed E-state index contributed by atoms with van der Waals surface area (Å²) in [4.78, 5) is 10.3. The smallest absolute Gasteiger partial charge is 0.160 e. The van der Waals surface area contributed by atoms with Gasteiger partial charge >= 0.3 is 0 Å². The quantitative estimate of drug-likeness (QED) is 0.195. The van der Waals surface area contributed by atoms with E-state index in [1.54, 1.807) is 0 Å². The highest BCUT2D eigenvalue weighted by Gasteiger charge is 2.17. The van der Waals surface area contributed by atoms with E-state index in [0.717, 1.165) is 39.1 Å². The second kappa shape index (κ2) is 11.0. The Morgan fingerprint density at radius 1 is 0.347 bits per heavy atom. The Kier molecular flexibility index (Phi) is 6.18. The average Bonchev–Trinajstić information content (AvgIpc) is 3.51. The van der Waals surface area contributed by atoms with Gasteiger partial charge in [-0.2, -0.15) is 0 Å². The molecule has 10 rings (SSSR count). The predicted octanol–water partition coefficient (Wildman–Crippen LogP) is 12.0. The SMILES string of the molecule is c1ccc2c(-c3nc(-c4ccc(-c5ccc(-n6c7ccccc7c7ccccc76)c6ccccc56)cc4)nc4ccccc34)cccc2c1. The van der Waals surface area contributed by atoms with Crippen molar-refractivity contribution in [3.05, 3.63) is 176 Å². The van der Waals surface area contributed by atoms with Gasteiger partial charge in [0.1, 0.15) is 0 Å². The first-order valence-electron chi connectivity index (χ1n) is 16.7. The molecule has 3 heteroatoms. The predicted molar refractivity (Wildman–Crippen MR) is 205 cm³/mol. The third-order valence-electron chi connectivity index (χ3n) is 9.82. The third-order valence-corrected chi connectivity index (χ3v) is 9.82. The Bertz CT molecular complexity index is 2820. The van der Waals surface area contributed by atoms with Crippen LogP contribution in [0, 0.1) is 0 Å². The number of hydrogen-bond donors (Lipinski definition) is 0. The Morgan fingerprint density at radius 2 is 0.918 bits per heavy atom. The summed E-state index contributed by atoms with van der Waals surface area (Å²) >= 11 is 0. The molecule has 2 heterocycles. The number of benzene rings is 8. The molecule has 0 saturated carbocycles. The maximum Gasteiger partial charge on any atom is 0.160 e. The molecule has 3 nitrogen and oxygen atoms in total. The van der Waals surface area contributed by atoms with Crippen molar-refractivity contribution in [2.75, 3.05) is 0 Å². The Hall–Kier alpha value is -6.58. The number of nitrogens with zero attached hydrogens (tertiary/aromatic N) is 3. The molecule has 228 valence electrons. The van der Waals surface area contributed by atoms with Gasteiger partial charge in [0.25, 0.3) is 0 Å². The largest absolute Gasteiger partial charge is 0.309 e. The summed E-state index contributed by atoms with van der Waals surface area (Å²) in [5.74, 6) is 0.722. The van der Waals surface area contributed by atoms with Crippen LogP contribution < -0.4 is 0 Å². The fraction of sp³-hybridized carbons (Fsp3) is 0. The van der Waals surface area contributed by atoms with E-state index < -0.39 is 0 Å². The van der Waals surface area contributed by atoms with Gasteiger partial charge in [-0.3, -0.25) is 0 Å². The lowest BCUT2D eigenvalue weighted by atomic mass is 9.96. The summed E-state index contributed by atoms with van der Waals surface area (Å²) in [6.45, 7) is 0. The highest BCUT2D eigenvalue weighted by molar-refractivity contribution is 6.11. The molecule has 0 aliphatic heterocycles. The average molecular weight is 624 g/mol. The van der Waals surface area contributed by atoms with Crippen molar-refractivity contribution in [2.24, 2.45) is 0 Å². The van der Waals surface area contributed by atoms with Crippen molar-refractivity contribution in [2.45, 2.75) is 0 Å². The normalized spacial score (nSPS) is 11.7. The van der Waals surface area contributed by atoms with Crippen molar-refractivity contribution in [3.8, 4) is 39.5 Å². The van der Waals surface area contributed by atoms with E-state index >= 15 is 0 Å². The van der Waals surface area contributed by atoms with Crippen LogP contribution in [0.5, 0.6) is 0 Å². The highest BCUT2D eigenvalue weighted by Crippen LogP contribution is 2.39. The number of hydrogen-bond acceptors (Lipinski definition) is 2. The molecule has 0 atom stereocenters. The zero-order valence-electron chi connectivity index (χ0n) is 26.6. The van der Waals surface area contributed by atoms with Crippen LogP contribution in [0.25, 0.3) is 93.7 Å². The Labute approximate surface area is 283 Å². The minimum absolute atomic E-state index is 0.722. The van der Waals surface area contributed by atoms with E-state index in [2.05, 4.69) is 174 Å². The van der Waals surface area contributed by atoms with Crippen molar-refractivity contribution in [3.63, 3.8) is 0 Å². The molecule has 2 aromatic heterocycles.